The Morgan fingerprint density at radius 1 is 1.17 bits per heavy atom. The highest BCUT2D eigenvalue weighted by Crippen LogP contribution is 2.43. The first-order valence-corrected chi connectivity index (χ1v) is 10.6. The van der Waals surface area contributed by atoms with Gasteiger partial charge in [-0.25, -0.2) is 4.79 Å². The number of carbonyl (C=O) groups excluding carboxylic acids is 2. The Kier molecular flexibility index (Phi) is 5.34. The minimum atomic E-state index is -0.777. The van der Waals surface area contributed by atoms with E-state index < -0.39 is 16.8 Å². The van der Waals surface area contributed by atoms with E-state index in [9.17, 15) is 9.59 Å². The molecule has 0 aliphatic carbocycles. The van der Waals surface area contributed by atoms with Crippen LogP contribution in [0.4, 0.5) is 0 Å². The zero-order valence-electron chi connectivity index (χ0n) is 17.0. The number of carbonyl (C=O) groups is 2. The smallest absolute Gasteiger partial charge is 0.361 e. The van der Waals surface area contributed by atoms with Gasteiger partial charge in [0.2, 0.25) is 5.69 Å². The molecule has 1 aliphatic rings. The lowest BCUT2D eigenvalue weighted by Gasteiger charge is -2.41. The number of benzene rings is 2. The van der Waals surface area contributed by atoms with Crippen LogP contribution in [0.5, 0.6) is 0 Å². The van der Waals surface area contributed by atoms with Gasteiger partial charge in [-0.3, -0.25) is 10.2 Å². The number of nitrogens with one attached hydrogen (secondary N) is 1. The van der Waals surface area contributed by atoms with E-state index in [1.165, 1.54) is 16.6 Å². The third-order valence-corrected chi connectivity index (χ3v) is 6.65. The lowest BCUT2D eigenvalue weighted by molar-refractivity contribution is 0.0514. The summed E-state index contributed by atoms with van der Waals surface area (Å²) in [5.41, 5.74) is 5.26. The van der Waals surface area contributed by atoms with Gasteiger partial charge in [0.25, 0.3) is 0 Å². The first kappa shape index (κ1) is 20.2. The van der Waals surface area contributed by atoms with Crippen molar-refractivity contribution >= 4 is 23.5 Å². The molecule has 8 heteroatoms. The van der Waals surface area contributed by atoms with E-state index in [1.54, 1.807) is 6.92 Å². The van der Waals surface area contributed by atoms with E-state index >= 15 is 0 Å². The number of ketones is 1. The molecule has 1 aromatic heterocycles. The van der Waals surface area contributed by atoms with Crippen molar-refractivity contribution in [3.05, 3.63) is 77.0 Å². The standard InChI is InChI=1S/C22H22N4O3S/c1-4-29-21(28)17-20-26(25-23-17)24-22(3,16-8-6-5-7-9-16)19(30-20)18(27)15-12-10-14(2)11-13-15/h5-13,19,24H,4H2,1-3H3/t19-,22-/m1/s1. The first-order valence-electron chi connectivity index (χ1n) is 9.68. The van der Waals surface area contributed by atoms with Gasteiger partial charge in [0, 0.05) is 5.56 Å². The first-order chi connectivity index (χ1) is 14.4. The molecule has 3 aromatic rings. The Bertz CT molecular complexity index is 1080. The Morgan fingerprint density at radius 3 is 2.53 bits per heavy atom. The van der Waals surface area contributed by atoms with Gasteiger partial charge < -0.3 is 4.74 Å². The van der Waals surface area contributed by atoms with Crippen LogP contribution in [0, 0.1) is 6.92 Å². The highest BCUT2D eigenvalue weighted by Gasteiger charge is 2.47. The van der Waals surface area contributed by atoms with Crippen LogP contribution in [0.1, 0.15) is 45.8 Å². The molecule has 1 aliphatic heterocycles. The maximum atomic E-state index is 13.6. The van der Waals surface area contributed by atoms with Gasteiger partial charge in [0.05, 0.1) is 12.1 Å². The SMILES string of the molecule is CCOC(=O)c1nnn2c1S[C@H](C(=O)c1ccc(C)cc1)[C@@](C)(c1ccccc1)N2. The maximum absolute atomic E-state index is 13.6. The third kappa shape index (κ3) is 3.47. The second kappa shape index (κ2) is 7.95. The summed E-state index contributed by atoms with van der Waals surface area (Å²) in [5, 5.41) is 7.99. The minimum absolute atomic E-state index is 0.0406. The molecule has 0 unspecified atom stereocenters. The molecule has 0 saturated heterocycles. The number of fused-ring (bicyclic) bond motifs is 1. The molecule has 30 heavy (non-hydrogen) atoms. The maximum Gasteiger partial charge on any atom is 0.361 e. The predicted molar refractivity (Wildman–Crippen MR) is 114 cm³/mol. The summed E-state index contributed by atoms with van der Waals surface area (Å²) in [7, 11) is 0. The van der Waals surface area contributed by atoms with Crippen molar-refractivity contribution in [1.29, 1.82) is 0 Å². The van der Waals surface area contributed by atoms with Crippen molar-refractivity contribution in [2.45, 2.75) is 36.6 Å². The zero-order chi connectivity index (χ0) is 21.3. The number of aromatic nitrogens is 3. The van der Waals surface area contributed by atoms with Crippen molar-refractivity contribution in [2.75, 3.05) is 12.0 Å². The van der Waals surface area contributed by atoms with Crippen molar-refractivity contribution in [2.24, 2.45) is 0 Å². The third-order valence-electron chi connectivity index (χ3n) is 5.14. The number of Topliss-reactive ketones (excluding diaryl/α,β-unsaturated/α-hetero) is 1. The minimum Gasteiger partial charge on any atom is -0.461 e. The van der Waals surface area contributed by atoms with Crippen LogP contribution in [0.2, 0.25) is 0 Å². The summed E-state index contributed by atoms with van der Waals surface area (Å²) >= 11 is 1.28. The number of ether oxygens (including phenoxy) is 1. The molecule has 2 heterocycles. The van der Waals surface area contributed by atoms with Crippen molar-refractivity contribution in [3.63, 3.8) is 0 Å². The molecule has 0 saturated carbocycles. The molecule has 0 radical (unpaired) electrons. The Labute approximate surface area is 178 Å². The van der Waals surface area contributed by atoms with E-state index in [4.69, 9.17) is 4.74 Å². The predicted octanol–water partition coefficient (Wildman–Crippen LogP) is 3.58. The van der Waals surface area contributed by atoms with E-state index in [0.29, 0.717) is 10.6 Å². The van der Waals surface area contributed by atoms with Crippen LogP contribution in [0.15, 0.2) is 59.6 Å². The van der Waals surface area contributed by atoms with Crippen molar-refractivity contribution in [3.8, 4) is 0 Å². The summed E-state index contributed by atoms with van der Waals surface area (Å²) in [6, 6.07) is 17.2. The summed E-state index contributed by atoms with van der Waals surface area (Å²) in [6.45, 7) is 5.90. The fourth-order valence-electron chi connectivity index (χ4n) is 3.47. The van der Waals surface area contributed by atoms with Crippen LogP contribution in [-0.2, 0) is 10.3 Å². The number of hydrogen-bond acceptors (Lipinski definition) is 7. The Hall–Kier alpha value is -3.13. The Morgan fingerprint density at radius 2 is 1.87 bits per heavy atom. The van der Waals surface area contributed by atoms with E-state index in [0.717, 1.165) is 11.1 Å². The highest BCUT2D eigenvalue weighted by molar-refractivity contribution is 8.00. The fraction of sp³-hybridized carbons (Fsp3) is 0.273. The van der Waals surface area contributed by atoms with Gasteiger partial charge >= 0.3 is 5.97 Å². The fourth-order valence-corrected chi connectivity index (χ4v) is 4.78. The van der Waals surface area contributed by atoms with Gasteiger partial charge in [0.15, 0.2) is 10.8 Å². The summed E-state index contributed by atoms with van der Waals surface area (Å²) < 4.78 is 5.10. The van der Waals surface area contributed by atoms with Crippen LogP contribution < -0.4 is 5.43 Å². The van der Waals surface area contributed by atoms with Crippen molar-refractivity contribution < 1.29 is 14.3 Å². The Balaban J connectivity index is 1.80. The van der Waals surface area contributed by atoms with E-state index in [2.05, 4.69) is 15.7 Å². The van der Waals surface area contributed by atoms with Gasteiger partial charge in [-0.2, -0.15) is 4.79 Å². The summed E-state index contributed by atoms with van der Waals surface area (Å²) in [5.74, 6) is -0.598. The average molecular weight is 423 g/mol. The molecule has 4 rings (SSSR count). The molecule has 154 valence electrons. The largest absolute Gasteiger partial charge is 0.461 e. The van der Waals surface area contributed by atoms with Gasteiger partial charge in [-0.05, 0) is 31.5 Å². The summed E-state index contributed by atoms with van der Waals surface area (Å²) in [4.78, 5) is 27.4. The van der Waals surface area contributed by atoms with Crippen LogP contribution >= 0.6 is 11.8 Å². The number of aryl methyl sites for hydroxylation is 1. The molecule has 7 nitrogen and oxygen atoms in total. The molecular weight excluding hydrogens is 400 g/mol. The van der Waals surface area contributed by atoms with Crippen molar-refractivity contribution in [1.82, 2.24) is 15.1 Å². The molecule has 0 amide bonds. The monoisotopic (exact) mass is 422 g/mol. The second-order valence-corrected chi connectivity index (χ2v) is 8.38. The molecule has 0 bridgehead atoms. The van der Waals surface area contributed by atoms with Crippen LogP contribution in [0.3, 0.4) is 0 Å². The zero-order valence-corrected chi connectivity index (χ0v) is 17.8. The van der Waals surface area contributed by atoms with Gasteiger partial charge in [-0.1, -0.05) is 71.9 Å². The number of rotatable bonds is 5. The number of thioether (sulfide) groups is 1. The number of esters is 1. The number of hydrogen-bond donors (Lipinski definition) is 1. The molecule has 1 N–H and O–H groups in total. The average Bonchev–Trinajstić information content (AvgIpc) is 3.16. The topological polar surface area (TPSA) is 86.1 Å². The lowest BCUT2D eigenvalue weighted by Crippen LogP contribution is -2.53. The quantitative estimate of drug-likeness (QED) is 0.497. The molecule has 2 atom stereocenters. The molecular formula is C22H22N4O3S. The molecule has 2 aromatic carbocycles. The van der Waals surface area contributed by atoms with Gasteiger partial charge in [-0.15, -0.1) is 5.10 Å². The van der Waals surface area contributed by atoms with Crippen LogP contribution in [0.25, 0.3) is 0 Å². The normalized spacial score (nSPS) is 20.2. The molecule has 0 fully saturated rings. The van der Waals surface area contributed by atoms with E-state index in [-0.39, 0.29) is 18.1 Å². The molecule has 0 spiro atoms. The second-order valence-electron chi connectivity index (χ2n) is 7.28. The van der Waals surface area contributed by atoms with E-state index in [1.807, 2.05) is 68.4 Å². The lowest BCUT2D eigenvalue weighted by atomic mass is 9.85. The van der Waals surface area contributed by atoms with Gasteiger partial charge in [0.1, 0.15) is 5.25 Å². The van der Waals surface area contributed by atoms with Crippen LogP contribution in [-0.4, -0.2) is 38.7 Å². The summed E-state index contributed by atoms with van der Waals surface area (Å²) in [6.07, 6.45) is 0. The number of nitrogens with zero attached hydrogens (tertiary/aromatic N) is 3. The highest BCUT2D eigenvalue weighted by atomic mass is 32.2.